The number of amides is 1. The van der Waals surface area contributed by atoms with Gasteiger partial charge in [0.15, 0.2) is 6.23 Å². The van der Waals surface area contributed by atoms with Crippen LogP contribution in [0.15, 0.2) is 5.11 Å². The lowest BCUT2D eigenvalue weighted by atomic mass is 9.96. The van der Waals surface area contributed by atoms with Crippen LogP contribution in [0.2, 0.25) is 0 Å². The van der Waals surface area contributed by atoms with Crippen LogP contribution in [0.4, 0.5) is 0 Å². The highest BCUT2D eigenvalue weighted by atomic mass is 31.2. The van der Waals surface area contributed by atoms with E-state index in [1.54, 1.807) is 0 Å². The first-order valence-corrected chi connectivity index (χ1v) is 7.48. The van der Waals surface area contributed by atoms with E-state index in [9.17, 15) is 19.6 Å². The molecule has 1 aliphatic heterocycles. The minimum atomic E-state index is -4.90. The molecule has 1 heterocycles. The van der Waals surface area contributed by atoms with Crippen LogP contribution in [0.1, 0.15) is 6.92 Å². The Labute approximate surface area is 124 Å². The first-order chi connectivity index (χ1) is 10.2. The van der Waals surface area contributed by atoms with Crippen molar-refractivity contribution in [1.82, 2.24) is 10.8 Å². The summed E-state index contributed by atoms with van der Waals surface area (Å²) in [5.74, 6) is -0.587. The number of ether oxygens (including phenoxy) is 1. The Morgan fingerprint density at radius 1 is 1.45 bits per heavy atom. The molecule has 13 nitrogen and oxygen atoms in total. The lowest BCUT2D eigenvalue weighted by Gasteiger charge is -2.42. The van der Waals surface area contributed by atoms with Crippen molar-refractivity contribution in [2.75, 3.05) is 6.54 Å². The Morgan fingerprint density at radius 3 is 2.59 bits per heavy atom. The van der Waals surface area contributed by atoms with Crippen molar-refractivity contribution in [3.8, 4) is 0 Å². The molecule has 126 valence electrons. The molecule has 22 heavy (non-hydrogen) atoms. The van der Waals surface area contributed by atoms with Crippen molar-refractivity contribution >= 4 is 13.7 Å². The van der Waals surface area contributed by atoms with Gasteiger partial charge in [-0.2, -0.15) is 10.1 Å². The minimum Gasteiger partial charge on any atom is -0.388 e. The first kappa shape index (κ1) is 18.8. The molecule has 0 aromatic carbocycles. The molecular formula is C8H16N5O8P. The predicted octanol–water partition coefficient (Wildman–Crippen LogP) is -2.14. The second-order valence-electron chi connectivity index (χ2n) is 4.42. The molecule has 1 rings (SSSR count). The number of aliphatic hydroxyl groups is 2. The van der Waals surface area contributed by atoms with E-state index in [1.807, 2.05) is 5.48 Å². The molecule has 0 spiro atoms. The zero-order chi connectivity index (χ0) is 16.9. The maximum absolute atomic E-state index is 11.1. The molecule has 5 unspecified atom stereocenters. The van der Waals surface area contributed by atoms with E-state index in [0.29, 0.717) is 0 Å². The highest BCUT2D eigenvalue weighted by molar-refractivity contribution is 7.46. The standard InChI is InChI=1S/C8H16N5O8P/c1-3(14)11-5-7(16)6(15)4(2-10-13-9)20-8(5)12-21-22(17,18)19/h4-8,12,15-16H,2H2,1H3,(H,11,14)(H2,17,18,19). The van der Waals surface area contributed by atoms with Gasteiger partial charge < -0.3 is 30.1 Å². The van der Waals surface area contributed by atoms with Crippen LogP contribution in [-0.4, -0.2) is 63.0 Å². The molecule has 1 saturated heterocycles. The molecule has 0 aromatic rings. The first-order valence-electron chi connectivity index (χ1n) is 5.95. The van der Waals surface area contributed by atoms with E-state index in [2.05, 4.69) is 20.0 Å². The number of nitrogens with zero attached hydrogens (tertiary/aromatic N) is 3. The van der Waals surface area contributed by atoms with Gasteiger partial charge >= 0.3 is 7.82 Å². The minimum absolute atomic E-state index is 0.352. The van der Waals surface area contributed by atoms with Gasteiger partial charge in [0.2, 0.25) is 5.91 Å². The quantitative estimate of drug-likeness (QED) is 0.102. The molecule has 0 aromatic heterocycles. The van der Waals surface area contributed by atoms with Crippen molar-refractivity contribution in [3.63, 3.8) is 0 Å². The zero-order valence-electron chi connectivity index (χ0n) is 11.3. The molecule has 0 aliphatic carbocycles. The normalized spacial score (nSPS) is 32.1. The molecule has 14 heteroatoms. The van der Waals surface area contributed by atoms with Crippen molar-refractivity contribution < 1.29 is 38.7 Å². The average molecular weight is 341 g/mol. The van der Waals surface area contributed by atoms with Gasteiger partial charge in [0.25, 0.3) is 0 Å². The van der Waals surface area contributed by atoms with Crippen LogP contribution < -0.4 is 10.8 Å². The fourth-order valence-electron chi connectivity index (χ4n) is 1.85. The molecule has 1 aliphatic rings. The van der Waals surface area contributed by atoms with Gasteiger partial charge in [0.1, 0.15) is 12.2 Å². The van der Waals surface area contributed by atoms with Gasteiger partial charge in [0, 0.05) is 11.8 Å². The van der Waals surface area contributed by atoms with E-state index < -0.39 is 44.3 Å². The summed E-state index contributed by atoms with van der Waals surface area (Å²) in [5.41, 5.74) is 10.1. The molecule has 0 bridgehead atoms. The largest absolute Gasteiger partial charge is 0.486 e. The second-order valence-corrected chi connectivity index (χ2v) is 5.58. The van der Waals surface area contributed by atoms with Crippen molar-refractivity contribution in [3.05, 3.63) is 10.4 Å². The number of carbonyl (C=O) groups is 1. The summed E-state index contributed by atoms with van der Waals surface area (Å²) in [4.78, 5) is 30.9. The number of hydroxylamine groups is 1. The highest BCUT2D eigenvalue weighted by Gasteiger charge is 2.45. The van der Waals surface area contributed by atoms with Crippen LogP contribution in [0, 0.1) is 0 Å². The monoisotopic (exact) mass is 341 g/mol. The van der Waals surface area contributed by atoms with Crippen molar-refractivity contribution in [1.29, 1.82) is 0 Å². The number of carbonyl (C=O) groups excluding carboxylic acids is 1. The molecular weight excluding hydrogens is 325 g/mol. The van der Waals surface area contributed by atoms with E-state index in [1.165, 1.54) is 0 Å². The predicted molar refractivity (Wildman–Crippen MR) is 68.6 cm³/mol. The topological polar surface area (TPSA) is 206 Å². The molecule has 5 atom stereocenters. The molecule has 1 fully saturated rings. The Kier molecular flexibility index (Phi) is 6.68. The van der Waals surface area contributed by atoms with E-state index >= 15 is 0 Å². The summed E-state index contributed by atoms with van der Waals surface area (Å²) in [6.45, 7) is 0.779. The lowest BCUT2D eigenvalue weighted by Crippen LogP contribution is -2.67. The second kappa shape index (κ2) is 7.83. The number of phosphoric acid groups is 1. The molecule has 1 amide bonds. The number of hydrogen-bond donors (Lipinski definition) is 6. The Morgan fingerprint density at radius 2 is 2.09 bits per heavy atom. The van der Waals surface area contributed by atoms with Gasteiger partial charge in [0.05, 0.1) is 18.7 Å². The summed E-state index contributed by atoms with van der Waals surface area (Å²) in [6.07, 6.45) is -5.65. The van der Waals surface area contributed by atoms with Gasteiger partial charge in [-0.05, 0) is 5.53 Å². The number of hydrogen-bond acceptors (Lipinski definition) is 8. The third-order valence-electron chi connectivity index (χ3n) is 2.73. The molecule has 0 radical (unpaired) electrons. The number of rotatable bonds is 6. The Hall–Kier alpha value is -1.27. The van der Waals surface area contributed by atoms with E-state index in [-0.39, 0.29) is 6.54 Å². The maximum Gasteiger partial charge on any atom is 0.486 e. The van der Waals surface area contributed by atoms with Gasteiger partial charge in [-0.25, -0.2) is 4.57 Å². The van der Waals surface area contributed by atoms with Crippen LogP contribution in [-0.2, 0) is 18.7 Å². The van der Waals surface area contributed by atoms with Gasteiger partial charge in [-0.3, -0.25) is 4.79 Å². The number of azide groups is 1. The fourth-order valence-corrected chi connectivity index (χ4v) is 2.09. The van der Waals surface area contributed by atoms with Crippen LogP contribution >= 0.6 is 7.82 Å². The lowest BCUT2D eigenvalue weighted by molar-refractivity contribution is -0.209. The maximum atomic E-state index is 11.1. The van der Waals surface area contributed by atoms with Crippen LogP contribution in [0.3, 0.4) is 0 Å². The summed E-state index contributed by atoms with van der Waals surface area (Å²) >= 11 is 0. The van der Waals surface area contributed by atoms with Crippen LogP contribution in [0.5, 0.6) is 0 Å². The van der Waals surface area contributed by atoms with Crippen molar-refractivity contribution in [2.45, 2.75) is 37.5 Å². The van der Waals surface area contributed by atoms with Gasteiger partial charge in [-0.15, -0.1) is 0 Å². The summed E-state index contributed by atoms with van der Waals surface area (Å²) in [6, 6.07) is -1.26. The van der Waals surface area contributed by atoms with Gasteiger partial charge in [-0.1, -0.05) is 5.11 Å². The van der Waals surface area contributed by atoms with E-state index in [0.717, 1.165) is 6.92 Å². The summed E-state index contributed by atoms with van der Waals surface area (Å²) < 4.78 is 20.0. The summed E-state index contributed by atoms with van der Waals surface area (Å²) in [5, 5.41) is 25.3. The highest BCUT2D eigenvalue weighted by Crippen LogP contribution is 2.35. The molecule has 0 saturated carbocycles. The average Bonchev–Trinajstić information content (AvgIpc) is 2.40. The number of nitrogens with one attached hydrogen (secondary N) is 2. The van der Waals surface area contributed by atoms with E-state index in [4.69, 9.17) is 20.1 Å². The van der Waals surface area contributed by atoms with Crippen LogP contribution in [0.25, 0.3) is 10.4 Å². The summed E-state index contributed by atoms with van der Waals surface area (Å²) in [7, 11) is -4.90. The third kappa shape index (κ3) is 5.50. The Bertz CT molecular complexity index is 493. The Balaban J connectivity index is 2.89. The zero-order valence-corrected chi connectivity index (χ0v) is 12.2. The third-order valence-corrected chi connectivity index (χ3v) is 3.07. The number of aliphatic hydroxyl groups excluding tert-OH is 2. The fraction of sp³-hybridized carbons (Fsp3) is 0.875. The molecule has 6 N–H and O–H groups in total. The smallest absolute Gasteiger partial charge is 0.388 e. The SMILES string of the molecule is CC(=O)NC1C(NOP(=O)(O)O)OC(CN=[N+]=[N-])C(O)C1O. The van der Waals surface area contributed by atoms with Crippen molar-refractivity contribution in [2.24, 2.45) is 5.11 Å².